The summed E-state index contributed by atoms with van der Waals surface area (Å²) in [6, 6.07) is 68.9. The fourth-order valence-electron chi connectivity index (χ4n) is 7.94. The molecule has 1 aromatic heterocycles. The van der Waals surface area contributed by atoms with Gasteiger partial charge in [-0.1, -0.05) is 152 Å². The maximum atomic E-state index is 2.37. The summed E-state index contributed by atoms with van der Waals surface area (Å²) in [7, 11) is 0. The molecule has 0 amide bonds. The van der Waals surface area contributed by atoms with E-state index in [1.807, 2.05) is 11.3 Å². The van der Waals surface area contributed by atoms with Gasteiger partial charge in [0.25, 0.3) is 0 Å². The predicted octanol–water partition coefficient (Wildman–Crippen LogP) is 15.2. The Morgan fingerprint density at radius 1 is 0.407 bits per heavy atom. The molecule has 0 atom stereocenters. The molecule has 54 heavy (non-hydrogen) atoms. The lowest BCUT2D eigenvalue weighted by Gasteiger charge is -2.26. The summed E-state index contributed by atoms with van der Waals surface area (Å²) in [6.07, 6.45) is 6.75. The summed E-state index contributed by atoms with van der Waals surface area (Å²) in [5, 5.41) is 2.65. The number of benzene rings is 8. The van der Waals surface area contributed by atoms with Crippen molar-refractivity contribution < 1.29 is 0 Å². The molecule has 0 fully saturated rings. The zero-order valence-corrected chi connectivity index (χ0v) is 30.6. The van der Waals surface area contributed by atoms with Crippen LogP contribution in [0.15, 0.2) is 194 Å². The molecule has 1 heterocycles. The van der Waals surface area contributed by atoms with Crippen LogP contribution in [0.2, 0.25) is 0 Å². The van der Waals surface area contributed by atoms with Crippen LogP contribution in [0.3, 0.4) is 0 Å². The first-order valence-electron chi connectivity index (χ1n) is 18.7. The maximum Gasteiger partial charge on any atom is 0.0462 e. The van der Waals surface area contributed by atoms with E-state index in [0.717, 1.165) is 29.9 Å². The fraction of sp³-hybridized carbons (Fsp3) is 0.0385. The van der Waals surface area contributed by atoms with Gasteiger partial charge in [0.1, 0.15) is 0 Å². The minimum Gasteiger partial charge on any atom is -0.311 e. The summed E-state index contributed by atoms with van der Waals surface area (Å²) in [6.45, 7) is 0. The minimum absolute atomic E-state index is 1.11. The lowest BCUT2D eigenvalue weighted by molar-refractivity contribution is 0.986. The average molecular weight is 708 g/mol. The normalized spacial score (nSPS) is 12.2. The molecular formula is C52H37NS. The summed E-state index contributed by atoms with van der Waals surface area (Å²) in [4.78, 5) is 2.36. The SMILES string of the molecule is C1=Cc2ccc(-c3cccc(-c4ccc(N(c5ccc(-c6ccccc6)cc5)c5ccc(-c6cccc7c6sc6ccccc67)cc5)cc4)c3)cc2CC1. The van der Waals surface area contributed by atoms with Crippen molar-refractivity contribution in [2.24, 2.45) is 0 Å². The van der Waals surface area contributed by atoms with E-state index < -0.39 is 0 Å². The highest BCUT2D eigenvalue weighted by molar-refractivity contribution is 7.26. The highest BCUT2D eigenvalue weighted by Crippen LogP contribution is 2.42. The number of hydrogen-bond donors (Lipinski definition) is 0. The van der Waals surface area contributed by atoms with Crippen molar-refractivity contribution in [1.82, 2.24) is 0 Å². The molecule has 0 N–H and O–H groups in total. The molecule has 1 nitrogen and oxygen atoms in total. The van der Waals surface area contributed by atoms with Crippen LogP contribution in [0, 0.1) is 0 Å². The first-order valence-corrected chi connectivity index (χ1v) is 19.5. The number of rotatable bonds is 7. The van der Waals surface area contributed by atoms with Crippen molar-refractivity contribution in [3.63, 3.8) is 0 Å². The Balaban J connectivity index is 1.01. The molecule has 0 saturated carbocycles. The Morgan fingerprint density at radius 2 is 0.944 bits per heavy atom. The van der Waals surface area contributed by atoms with Gasteiger partial charge in [0.05, 0.1) is 0 Å². The van der Waals surface area contributed by atoms with Gasteiger partial charge in [-0.2, -0.15) is 0 Å². The second-order valence-corrected chi connectivity index (χ2v) is 15.1. The zero-order chi connectivity index (χ0) is 35.8. The molecule has 2 heteroatoms. The van der Waals surface area contributed by atoms with Crippen LogP contribution in [0.4, 0.5) is 17.1 Å². The molecular weight excluding hydrogens is 671 g/mol. The number of thiophene rings is 1. The Kier molecular flexibility index (Phi) is 8.24. The standard InChI is InChI=1S/C52H37NS/c1-2-10-36(11-3-1)38-22-28-45(29-23-38)53(47-32-26-40(27-33-47)48-17-9-18-50-49-16-6-7-19-51(49)54-52(48)50)46-30-24-39(25-31-46)42-14-8-15-43(34-42)44-21-20-37-12-4-5-13-41(37)35-44/h1-4,6-12,14-35H,5,13H2. The Morgan fingerprint density at radius 3 is 1.69 bits per heavy atom. The Bertz CT molecular complexity index is 2790. The summed E-state index contributed by atoms with van der Waals surface area (Å²) in [5.41, 5.74) is 16.0. The van der Waals surface area contributed by atoms with Gasteiger partial charge < -0.3 is 4.90 Å². The number of hydrogen-bond acceptors (Lipinski definition) is 2. The minimum atomic E-state index is 1.11. The molecule has 9 aromatic rings. The van der Waals surface area contributed by atoms with Crippen molar-refractivity contribution >= 4 is 54.6 Å². The van der Waals surface area contributed by atoms with Gasteiger partial charge in [-0.15, -0.1) is 11.3 Å². The Hall–Kier alpha value is -6.48. The van der Waals surface area contributed by atoms with Gasteiger partial charge in [0, 0.05) is 37.2 Å². The van der Waals surface area contributed by atoms with Crippen LogP contribution < -0.4 is 4.90 Å². The van der Waals surface area contributed by atoms with Crippen LogP contribution in [0.1, 0.15) is 17.5 Å². The van der Waals surface area contributed by atoms with E-state index in [1.54, 1.807) is 0 Å². The number of allylic oxidation sites excluding steroid dienone is 1. The topological polar surface area (TPSA) is 3.24 Å². The van der Waals surface area contributed by atoms with Gasteiger partial charge in [-0.25, -0.2) is 0 Å². The molecule has 256 valence electrons. The highest BCUT2D eigenvalue weighted by Gasteiger charge is 2.16. The van der Waals surface area contributed by atoms with E-state index in [-0.39, 0.29) is 0 Å². The van der Waals surface area contributed by atoms with Crippen LogP contribution in [-0.4, -0.2) is 0 Å². The zero-order valence-electron chi connectivity index (χ0n) is 29.8. The molecule has 1 aliphatic rings. The molecule has 0 saturated heterocycles. The van der Waals surface area contributed by atoms with E-state index in [4.69, 9.17) is 0 Å². The lowest BCUT2D eigenvalue weighted by atomic mass is 9.92. The highest BCUT2D eigenvalue weighted by atomic mass is 32.1. The lowest BCUT2D eigenvalue weighted by Crippen LogP contribution is -2.09. The van der Waals surface area contributed by atoms with E-state index in [2.05, 4.69) is 205 Å². The van der Waals surface area contributed by atoms with Crippen molar-refractivity contribution in [2.45, 2.75) is 12.8 Å². The molecule has 0 unspecified atom stereocenters. The van der Waals surface area contributed by atoms with Crippen molar-refractivity contribution in [3.8, 4) is 44.5 Å². The third kappa shape index (κ3) is 6.01. The van der Waals surface area contributed by atoms with Crippen molar-refractivity contribution in [1.29, 1.82) is 0 Å². The molecule has 10 rings (SSSR count). The van der Waals surface area contributed by atoms with Crippen LogP contribution in [-0.2, 0) is 6.42 Å². The molecule has 0 radical (unpaired) electrons. The van der Waals surface area contributed by atoms with Crippen LogP contribution in [0.25, 0.3) is 70.8 Å². The van der Waals surface area contributed by atoms with Crippen LogP contribution >= 0.6 is 11.3 Å². The number of aryl methyl sites for hydroxylation is 1. The quantitative estimate of drug-likeness (QED) is 0.159. The van der Waals surface area contributed by atoms with Gasteiger partial charge in [0.2, 0.25) is 0 Å². The van der Waals surface area contributed by atoms with Crippen molar-refractivity contribution in [2.75, 3.05) is 4.90 Å². The van der Waals surface area contributed by atoms with E-state index in [9.17, 15) is 0 Å². The molecule has 1 aliphatic carbocycles. The summed E-state index contributed by atoms with van der Waals surface area (Å²) >= 11 is 1.88. The van der Waals surface area contributed by atoms with Gasteiger partial charge in [-0.3, -0.25) is 0 Å². The third-order valence-corrected chi connectivity index (χ3v) is 12.0. The summed E-state index contributed by atoms with van der Waals surface area (Å²) < 4.78 is 2.66. The second-order valence-electron chi connectivity index (χ2n) is 14.1. The third-order valence-electron chi connectivity index (χ3n) is 10.7. The molecule has 8 aromatic carbocycles. The number of nitrogens with zero attached hydrogens (tertiary/aromatic N) is 1. The average Bonchev–Trinajstić information content (AvgIpc) is 3.64. The summed E-state index contributed by atoms with van der Waals surface area (Å²) in [5.74, 6) is 0. The van der Waals surface area contributed by atoms with E-state index in [0.29, 0.717) is 0 Å². The number of fused-ring (bicyclic) bond motifs is 4. The van der Waals surface area contributed by atoms with Crippen LogP contribution in [0.5, 0.6) is 0 Å². The number of anilines is 3. The molecule has 0 aliphatic heterocycles. The second kappa shape index (κ2) is 13.8. The first kappa shape index (κ1) is 32.2. The van der Waals surface area contributed by atoms with Gasteiger partial charge in [0.15, 0.2) is 0 Å². The monoisotopic (exact) mass is 707 g/mol. The van der Waals surface area contributed by atoms with Gasteiger partial charge in [-0.05, 0) is 117 Å². The van der Waals surface area contributed by atoms with Gasteiger partial charge >= 0.3 is 0 Å². The predicted molar refractivity (Wildman–Crippen MR) is 233 cm³/mol. The fourth-order valence-corrected chi connectivity index (χ4v) is 9.18. The molecule has 0 bridgehead atoms. The van der Waals surface area contributed by atoms with E-state index in [1.165, 1.54) is 75.8 Å². The largest absolute Gasteiger partial charge is 0.311 e. The van der Waals surface area contributed by atoms with Crippen molar-refractivity contribution in [3.05, 3.63) is 205 Å². The first-order chi connectivity index (χ1) is 26.7. The molecule has 0 spiro atoms. The Labute approximate surface area is 320 Å². The maximum absolute atomic E-state index is 2.37. The smallest absolute Gasteiger partial charge is 0.0462 e. The van der Waals surface area contributed by atoms with E-state index >= 15 is 0 Å².